The average Bonchev–Trinajstić information content (AvgIpc) is 2.91. The highest BCUT2D eigenvalue weighted by molar-refractivity contribution is 5.92. The minimum absolute atomic E-state index is 0.214. The van der Waals surface area contributed by atoms with Crippen LogP contribution in [0.3, 0.4) is 0 Å². The van der Waals surface area contributed by atoms with Crippen molar-refractivity contribution in [2.45, 2.75) is 6.42 Å². The molecule has 3 aromatic rings. The van der Waals surface area contributed by atoms with Crippen LogP contribution in [0, 0.1) is 0 Å². The Labute approximate surface area is 103 Å². The molecule has 0 aliphatic heterocycles. The normalized spacial score (nSPS) is 10.9. The van der Waals surface area contributed by atoms with Crippen molar-refractivity contribution < 1.29 is 4.79 Å². The molecule has 2 heterocycles. The van der Waals surface area contributed by atoms with Gasteiger partial charge in [-0.15, -0.1) is 0 Å². The lowest BCUT2D eigenvalue weighted by atomic mass is 10.0. The standard InChI is InChI=1S/C13H12N4O/c14-11(18)7-8-3-1-2-4-9(8)12-13-10(16-17-12)5-6-15-13/h1-6,15H,7H2,(H2,14,18)(H,16,17). The number of amides is 1. The Morgan fingerprint density at radius 1 is 1.28 bits per heavy atom. The van der Waals surface area contributed by atoms with Crippen LogP contribution in [-0.4, -0.2) is 21.1 Å². The number of primary amides is 1. The Kier molecular flexibility index (Phi) is 2.37. The number of carbonyl (C=O) groups is 1. The van der Waals surface area contributed by atoms with Crippen molar-refractivity contribution in [3.05, 3.63) is 42.1 Å². The van der Waals surface area contributed by atoms with Gasteiger partial charge in [-0.05, 0) is 11.6 Å². The fourth-order valence-corrected chi connectivity index (χ4v) is 2.12. The summed E-state index contributed by atoms with van der Waals surface area (Å²) >= 11 is 0. The van der Waals surface area contributed by atoms with Gasteiger partial charge in [0.1, 0.15) is 5.69 Å². The van der Waals surface area contributed by atoms with Crippen LogP contribution in [0.25, 0.3) is 22.3 Å². The monoisotopic (exact) mass is 240 g/mol. The number of carbonyl (C=O) groups excluding carboxylic acids is 1. The van der Waals surface area contributed by atoms with Gasteiger partial charge in [0.15, 0.2) is 0 Å². The van der Waals surface area contributed by atoms with Crippen molar-refractivity contribution in [3.8, 4) is 11.3 Å². The first-order valence-electron chi connectivity index (χ1n) is 5.64. The molecule has 0 aliphatic carbocycles. The third-order valence-electron chi connectivity index (χ3n) is 2.91. The minimum atomic E-state index is -0.347. The van der Waals surface area contributed by atoms with Crippen molar-refractivity contribution in [1.82, 2.24) is 15.2 Å². The largest absolute Gasteiger partial charge is 0.369 e. The zero-order valence-corrected chi connectivity index (χ0v) is 9.60. The highest BCUT2D eigenvalue weighted by Gasteiger charge is 2.13. The van der Waals surface area contributed by atoms with E-state index in [1.807, 2.05) is 36.5 Å². The summed E-state index contributed by atoms with van der Waals surface area (Å²) in [6.07, 6.45) is 2.06. The highest BCUT2D eigenvalue weighted by Crippen LogP contribution is 2.27. The summed E-state index contributed by atoms with van der Waals surface area (Å²) < 4.78 is 0. The Hall–Kier alpha value is -2.56. The van der Waals surface area contributed by atoms with Gasteiger partial charge in [-0.3, -0.25) is 9.89 Å². The van der Waals surface area contributed by atoms with Crippen LogP contribution in [0.5, 0.6) is 0 Å². The third-order valence-corrected chi connectivity index (χ3v) is 2.91. The number of nitrogens with two attached hydrogens (primary N) is 1. The second kappa shape index (κ2) is 4.03. The average molecular weight is 240 g/mol. The quantitative estimate of drug-likeness (QED) is 0.649. The fourth-order valence-electron chi connectivity index (χ4n) is 2.12. The number of rotatable bonds is 3. The van der Waals surface area contributed by atoms with Crippen LogP contribution < -0.4 is 5.73 Å². The Balaban J connectivity index is 2.17. The van der Waals surface area contributed by atoms with Gasteiger partial charge >= 0.3 is 0 Å². The number of H-pyrrole nitrogens is 2. The second-order valence-corrected chi connectivity index (χ2v) is 4.14. The summed E-state index contributed by atoms with van der Waals surface area (Å²) in [5.74, 6) is -0.347. The maximum Gasteiger partial charge on any atom is 0.221 e. The molecule has 0 aliphatic rings. The molecule has 4 N–H and O–H groups in total. The van der Waals surface area contributed by atoms with Crippen molar-refractivity contribution in [2.75, 3.05) is 0 Å². The van der Waals surface area contributed by atoms with Gasteiger partial charge < -0.3 is 10.7 Å². The number of fused-ring (bicyclic) bond motifs is 1. The number of benzene rings is 1. The van der Waals surface area contributed by atoms with Crippen molar-refractivity contribution in [3.63, 3.8) is 0 Å². The molecule has 0 unspecified atom stereocenters. The van der Waals surface area contributed by atoms with Crippen LogP contribution >= 0.6 is 0 Å². The first-order valence-corrected chi connectivity index (χ1v) is 5.64. The zero-order valence-electron chi connectivity index (χ0n) is 9.60. The van der Waals surface area contributed by atoms with Gasteiger partial charge in [-0.2, -0.15) is 5.10 Å². The van der Waals surface area contributed by atoms with Crippen LogP contribution in [0.4, 0.5) is 0 Å². The molecule has 0 fully saturated rings. The van der Waals surface area contributed by atoms with E-state index in [-0.39, 0.29) is 12.3 Å². The molecule has 0 radical (unpaired) electrons. The SMILES string of the molecule is NC(=O)Cc1ccccc1-c1n[nH]c2cc[nH]c12. The Morgan fingerprint density at radius 3 is 2.94 bits per heavy atom. The number of aromatic amines is 2. The van der Waals surface area contributed by atoms with E-state index in [1.165, 1.54) is 0 Å². The number of nitrogens with zero attached hydrogens (tertiary/aromatic N) is 1. The molecule has 0 saturated carbocycles. The molecule has 5 nitrogen and oxygen atoms in total. The Bertz CT molecular complexity index is 710. The molecule has 5 heteroatoms. The van der Waals surface area contributed by atoms with Gasteiger partial charge in [-0.25, -0.2) is 0 Å². The summed E-state index contributed by atoms with van der Waals surface area (Å²) in [7, 11) is 0. The maximum absolute atomic E-state index is 11.1. The van der Waals surface area contributed by atoms with Gasteiger partial charge in [-0.1, -0.05) is 24.3 Å². The third kappa shape index (κ3) is 1.66. The summed E-state index contributed by atoms with van der Waals surface area (Å²) in [5.41, 5.74) is 9.76. The molecule has 0 spiro atoms. The van der Waals surface area contributed by atoms with Gasteiger partial charge in [0, 0.05) is 11.8 Å². The second-order valence-electron chi connectivity index (χ2n) is 4.14. The number of nitrogens with one attached hydrogen (secondary N) is 2. The van der Waals surface area contributed by atoms with Crippen molar-refractivity contribution in [1.29, 1.82) is 0 Å². The predicted molar refractivity (Wildman–Crippen MR) is 68.8 cm³/mol. The van der Waals surface area contributed by atoms with Crippen molar-refractivity contribution >= 4 is 16.9 Å². The molecule has 3 rings (SSSR count). The van der Waals surface area contributed by atoms with Crippen LogP contribution in [0.15, 0.2) is 36.5 Å². The van der Waals surface area contributed by atoms with E-state index in [2.05, 4.69) is 15.2 Å². The van der Waals surface area contributed by atoms with Gasteiger partial charge in [0.2, 0.25) is 5.91 Å². The molecule has 0 atom stereocenters. The zero-order chi connectivity index (χ0) is 12.5. The summed E-state index contributed by atoms with van der Waals surface area (Å²) in [6, 6.07) is 9.56. The van der Waals surface area contributed by atoms with Gasteiger partial charge in [0.05, 0.1) is 17.5 Å². The predicted octanol–water partition coefficient (Wildman–Crippen LogP) is 1.59. The molecule has 1 aromatic carbocycles. The summed E-state index contributed by atoms with van der Waals surface area (Å²) in [4.78, 5) is 14.2. The smallest absolute Gasteiger partial charge is 0.221 e. The molecule has 0 bridgehead atoms. The van der Waals surface area contributed by atoms with E-state index in [1.54, 1.807) is 0 Å². The van der Waals surface area contributed by atoms with Crippen LogP contribution in [0.2, 0.25) is 0 Å². The molecule has 1 amide bonds. The molecular weight excluding hydrogens is 228 g/mol. The first kappa shape index (κ1) is 10.6. The Morgan fingerprint density at radius 2 is 2.11 bits per heavy atom. The lowest BCUT2D eigenvalue weighted by Crippen LogP contribution is -2.14. The molecule has 90 valence electrons. The van der Waals surface area contributed by atoms with Crippen LogP contribution in [-0.2, 0) is 11.2 Å². The maximum atomic E-state index is 11.1. The number of aromatic nitrogens is 3. The van der Waals surface area contributed by atoms with E-state index in [0.29, 0.717) is 0 Å². The van der Waals surface area contributed by atoms with E-state index in [9.17, 15) is 4.79 Å². The van der Waals surface area contributed by atoms with E-state index >= 15 is 0 Å². The fraction of sp³-hybridized carbons (Fsp3) is 0.0769. The van der Waals surface area contributed by atoms with Gasteiger partial charge in [0.25, 0.3) is 0 Å². The summed E-state index contributed by atoms with van der Waals surface area (Å²) in [5, 5.41) is 7.23. The topological polar surface area (TPSA) is 87.6 Å². The van der Waals surface area contributed by atoms with E-state index in [0.717, 1.165) is 27.9 Å². The van der Waals surface area contributed by atoms with Crippen LogP contribution in [0.1, 0.15) is 5.56 Å². The highest BCUT2D eigenvalue weighted by atomic mass is 16.1. The lowest BCUT2D eigenvalue weighted by Gasteiger charge is -2.05. The van der Waals surface area contributed by atoms with E-state index in [4.69, 9.17) is 5.73 Å². The number of hydrogen-bond acceptors (Lipinski definition) is 2. The molecular formula is C13H12N4O. The first-order chi connectivity index (χ1) is 8.75. The minimum Gasteiger partial charge on any atom is -0.369 e. The molecule has 18 heavy (non-hydrogen) atoms. The van der Waals surface area contributed by atoms with Crippen molar-refractivity contribution in [2.24, 2.45) is 5.73 Å². The van der Waals surface area contributed by atoms with E-state index < -0.39 is 0 Å². The lowest BCUT2D eigenvalue weighted by molar-refractivity contribution is -0.117. The number of hydrogen-bond donors (Lipinski definition) is 3. The molecule has 2 aromatic heterocycles. The summed E-state index contributed by atoms with van der Waals surface area (Å²) in [6.45, 7) is 0. The molecule has 0 saturated heterocycles.